The number of amides is 1. The summed E-state index contributed by atoms with van der Waals surface area (Å²) in [5.41, 5.74) is 3.66. The van der Waals surface area contributed by atoms with Crippen LogP contribution in [0.4, 0.5) is 0 Å². The van der Waals surface area contributed by atoms with Gasteiger partial charge in [-0.1, -0.05) is 67.1 Å². The van der Waals surface area contributed by atoms with Gasteiger partial charge in [0.2, 0.25) is 5.91 Å². The molecule has 1 heterocycles. The van der Waals surface area contributed by atoms with E-state index in [2.05, 4.69) is 5.32 Å². The second-order valence-electron chi connectivity index (χ2n) is 10.6. The number of rotatable bonds is 17. The standard InChI is InChI=1S/C35H41NO7/c1-41-31-23-27(16-17-32(39)36-28(24-38)20-25-12-6-4-7-13-25)21-29-33(35(40)42-19-11-3-2-10-18-37)30(43-34(29)31)22-26-14-8-5-9-15-26/h4-9,12-15,21,23,28,37-38H,2-3,10-11,16-20,22,24H2,1H3,(H,36,39)/t28-/m0/s1. The van der Waals surface area contributed by atoms with E-state index in [4.69, 9.17) is 19.0 Å². The number of aliphatic hydroxyl groups is 2. The highest BCUT2D eigenvalue weighted by Crippen LogP contribution is 2.36. The van der Waals surface area contributed by atoms with Gasteiger partial charge in [0.25, 0.3) is 0 Å². The predicted molar refractivity (Wildman–Crippen MR) is 165 cm³/mol. The first-order chi connectivity index (χ1) is 21.0. The molecule has 8 nitrogen and oxygen atoms in total. The molecule has 0 aliphatic heterocycles. The van der Waals surface area contributed by atoms with E-state index < -0.39 is 5.97 Å². The molecule has 0 aliphatic carbocycles. The lowest BCUT2D eigenvalue weighted by Crippen LogP contribution is -2.39. The summed E-state index contributed by atoms with van der Waals surface area (Å²) in [6, 6.07) is 22.8. The number of hydrogen-bond acceptors (Lipinski definition) is 7. The van der Waals surface area contributed by atoms with Crippen molar-refractivity contribution in [2.45, 2.75) is 57.4 Å². The first-order valence-corrected chi connectivity index (χ1v) is 14.9. The number of aliphatic hydroxyl groups excluding tert-OH is 2. The average Bonchev–Trinajstić information content (AvgIpc) is 3.39. The van der Waals surface area contributed by atoms with Crippen molar-refractivity contribution in [3.63, 3.8) is 0 Å². The Bertz CT molecular complexity index is 1450. The molecule has 43 heavy (non-hydrogen) atoms. The van der Waals surface area contributed by atoms with Crippen molar-refractivity contribution in [1.82, 2.24) is 5.32 Å². The number of esters is 1. The fourth-order valence-corrected chi connectivity index (χ4v) is 5.12. The molecule has 0 saturated heterocycles. The molecule has 4 aromatic rings. The number of methoxy groups -OCH3 is 1. The number of unbranched alkanes of at least 4 members (excludes halogenated alkanes) is 3. The van der Waals surface area contributed by atoms with Gasteiger partial charge < -0.3 is 29.4 Å². The number of carbonyl (C=O) groups excluding carboxylic acids is 2. The lowest BCUT2D eigenvalue weighted by molar-refractivity contribution is -0.122. The van der Waals surface area contributed by atoms with E-state index in [-0.39, 0.29) is 38.2 Å². The maximum Gasteiger partial charge on any atom is 0.342 e. The van der Waals surface area contributed by atoms with E-state index >= 15 is 0 Å². The minimum absolute atomic E-state index is 0.158. The maximum atomic E-state index is 13.5. The van der Waals surface area contributed by atoms with Crippen molar-refractivity contribution < 1.29 is 33.7 Å². The smallest absolute Gasteiger partial charge is 0.342 e. The van der Waals surface area contributed by atoms with Gasteiger partial charge >= 0.3 is 5.97 Å². The van der Waals surface area contributed by atoms with E-state index in [1.807, 2.05) is 72.8 Å². The molecular weight excluding hydrogens is 546 g/mol. The summed E-state index contributed by atoms with van der Waals surface area (Å²) < 4.78 is 17.6. The number of fused-ring (bicyclic) bond motifs is 1. The zero-order valence-corrected chi connectivity index (χ0v) is 24.7. The Morgan fingerprint density at radius 1 is 0.884 bits per heavy atom. The van der Waals surface area contributed by atoms with Crippen LogP contribution in [0.15, 0.2) is 77.2 Å². The molecule has 3 aromatic carbocycles. The van der Waals surface area contributed by atoms with Crippen LogP contribution in [-0.4, -0.2) is 55.1 Å². The number of hydrogen-bond donors (Lipinski definition) is 3. The first kappa shape index (κ1) is 31.8. The molecule has 0 bridgehead atoms. The Balaban J connectivity index is 1.53. The largest absolute Gasteiger partial charge is 0.493 e. The number of benzene rings is 3. The van der Waals surface area contributed by atoms with Gasteiger partial charge in [0.1, 0.15) is 11.3 Å². The van der Waals surface area contributed by atoms with E-state index in [1.54, 1.807) is 7.11 Å². The minimum Gasteiger partial charge on any atom is -0.493 e. The van der Waals surface area contributed by atoms with Crippen molar-refractivity contribution in [3.8, 4) is 5.75 Å². The quantitative estimate of drug-likeness (QED) is 0.112. The van der Waals surface area contributed by atoms with Crippen LogP contribution in [0, 0.1) is 0 Å². The predicted octanol–water partition coefficient (Wildman–Crippen LogP) is 5.39. The van der Waals surface area contributed by atoms with E-state index in [0.717, 1.165) is 36.0 Å². The summed E-state index contributed by atoms with van der Waals surface area (Å²) in [7, 11) is 1.55. The Hall–Kier alpha value is -4.14. The molecule has 0 aliphatic rings. The second kappa shape index (κ2) is 16.5. The normalized spacial score (nSPS) is 11.8. The Kier molecular flexibility index (Phi) is 12.2. The highest BCUT2D eigenvalue weighted by atomic mass is 16.5. The van der Waals surface area contributed by atoms with Crippen LogP contribution >= 0.6 is 0 Å². The van der Waals surface area contributed by atoms with Crippen molar-refractivity contribution >= 4 is 22.8 Å². The van der Waals surface area contributed by atoms with Crippen LogP contribution < -0.4 is 10.1 Å². The summed E-state index contributed by atoms with van der Waals surface area (Å²) in [6.45, 7) is 0.269. The summed E-state index contributed by atoms with van der Waals surface area (Å²) in [5, 5.41) is 22.3. The number of aryl methyl sites for hydroxylation is 1. The molecular formula is C35H41NO7. The molecule has 1 atom stereocenters. The maximum absolute atomic E-state index is 13.5. The number of furan rings is 1. The molecule has 1 amide bonds. The van der Waals surface area contributed by atoms with Crippen molar-refractivity contribution in [3.05, 3.63) is 101 Å². The number of nitrogens with one attached hydrogen (secondary N) is 1. The van der Waals surface area contributed by atoms with Gasteiger partial charge in [-0.2, -0.15) is 0 Å². The number of carbonyl (C=O) groups is 2. The Morgan fingerprint density at radius 2 is 1.58 bits per heavy atom. The number of ether oxygens (including phenoxy) is 2. The van der Waals surface area contributed by atoms with E-state index in [0.29, 0.717) is 53.7 Å². The lowest BCUT2D eigenvalue weighted by Gasteiger charge is -2.16. The second-order valence-corrected chi connectivity index (χ2v) is 10.6. The molecule has 228 valence electrons. The van der Waals surface area contributed by atoms with Gasteiger partial charge in [0.05, 0.1) is 26.4 Å². The highest BCUT2D eigenvalue weighted by molar-refractivity contribution is 6.06. The summed E-state index contributed by atoms with van der Waals surface area (Å²) in [5.74, 6) is 0.330. The van der Waals surface area contributed by atoms with Crippen molar-refractivity contribution in [2.75, 3.05) is 26.9 Å². The summed E-state index contributed by atoms with van der Waals surface area (Å²) >= 11 is 0. The van der Waals surface area contributed by atoms with Crippen LogP contribution in [0.5, 0.6) is 5.75 Å². The third-order valence-corrected chi connectivity index (χ3v) is 7.36. The fourth-order valence-electron chi connectivity index (χ4n) is 5.12. The fraction of sp³-hybridized carbons (Fsp3) is 0.371. The van der Waals surface area contributed by atoms with Crippen LogP contribution in [0.3, 0.4) is 0 Å². The van der Waals surface area contributed by atoms with Gasteiger partial charge in [0, 0.05) is 24.8 Å². The SMILES string of the molecule is COc1cc(CCC(=O)N[C@H](CO)Cc2ccccc2)cc2c(C(=O)OCCCCCCO)c(Cc3ccccc3)oc12. The third kappa shape index (κ3) is 9.17. The van der Waals surface area contributed by atoms with Gasteiger partial charge in [0.15, 0.2) is 11.3 Å². The third-order valence-electron chi connectivity index (χ3n) is 7.36. The molecule has 0 saturated carbocycles. The molecule has 0 spiro atoms. The molecule has 0 radical (unpaired) electrons. The molecule has 0 fully saturated rings. The lowest BCUT2D eigenvalue weighted by atomic mass is 10.0. The van der Waals surface area contributed by atoms with Crippen LogP contribution in [0.2, 0.25) is 0 Å². The summed E-state index contributed by atoms with van der Waals surface area (Å²) in [4.78, 5) is 26.3. The molecule has 1 aromatic heterocycles. The zero-order chi connectivity index (χ0) is 30.4. The molecule has 3 N–H and O–H groups in total. The van der Waals surface area contributed by atoms with Crippen LogP contribution in [0.25, 0.3) is 11.0 Å². The van der Waals surface area contributed by atoms with Crippen LogP contribution in [0.1, 0.15) is 64.9 Å². The van der Waals surface area contributed by atoms with Crippen LogP contribution in [-0.2, 0) is 28.8 Å². The van der Waals surface area contributed by atoms with Gasteiger partial charge in [-0.3, -0.25) is 4.79 Å². The van der Waals surface area contributed by atoms with Gasteiger partial charge in [-0.15, -0.1) is 0 Å². The van der Waals surface area contributed by atoms with E-state index in [1.165, 1.54) is 0 Å². The van der Waals surface area contributed by atoms with Gasteiger partial charge in [-0.25, -0.2) is 4.79 Å². The molecule has 4 rings (SSSR count). The topological polar surface area (TPSA) is 118 Å². The Labute approximate surface area is 252 Å². The molecule has 8 heteroatoms. The minimum atomic E-state index is -0.463. The molecule has 0 unspecified atom stereocenters. The zero-order valence-electron chi connectivity index (χ0n) is 24.7. The van der Waals surface area contributed by atoms with Gasteiger partial charge in [-0.05, 0) is 60.9 Å². The highest BCUT2D eigenvalue weighted by Gasteiger charge is 2.25. The Morgan fingerprint density at radius 3 is 2.26 bits per heavy atom. The van der Waals surface area contributed by atoms with E-state index in [9.17, 15) is 14.7 Å². The van der Waals surface area contributed by atoms with Crippen molar-refractivity contribution in [1.29, 1.82) is 0 Å². The van der Waals surface area contributed by atoms with Crippen molar-refractivity contribution in [2.24, 2.45) is 0 Å². The first-order valence-electron chi connectivity index (χ1n) is 14.9. The summed E-state index contributed by atoms with van der Waals surface area (Å²) in [6.07, 6.45) is 4.72. The monoisotopic (exact) mass is 587 g/mol. The average molecular weight is 588 g/mol.